The molecule has 1 heterocycles. The summed E-state index contributed by atoms with van der Waals surface area (Å²) in [6.45, 7) is 8.97. The van der Waals surface area contributed by atoms with E-state index >= 15 is 0 Å². The summed E-state index contributed by atoms with van der Waals surface area (Å²) in [5.41, 5.74) is 0.754. The van der Waals surface area contributed by atoms with Crippen LogP contribution in [0.25, 0.3) is 0 Å². The van der Waals surface area contributed by atoms with E-state index in [1.165, 1.54) is 7.11 Å². The fourth-order valence-electron chi connectivity index (χ4n) is 1.39. The second kappa shape index (κ2) is 5.60. The maximum absolute atomic E-state index is 11.6. The first-order valence-corrected chi connectivity index (χ1v) is 6.55. The fraction of sp³-hybridized carbons (Fsp3) is 0.667. The standard InChI is InChI=1S/C12H20N2O2S/c1-6-13-9(10(15)16-5)8-7-17-11(14-8)12(2,3)4/h7,9,13H,6H2,1-5H3. The molecule has 1 aromatic heterocycles. The van der Waals surface area contributed by atoms with Gasteiger partial charge in [0, 0.05) is 10.8 Å². The largest absolute Gasteiger partial charge is 0.468 e. The lowest BCUT2D eigenvalue weighted by Crippen LogP contribution is -2.29. The average molecular weight is 256 g/mol. The van der Waals surface area contributed by atoms with Gasteiger partial charge in [0.25, 0.3) is 0 Å². The van der Waals surface area contributed by atoms with Crippen molar-refractivity contribution in [2.45, 2.75) is 39.2 Å². The first-order valence-electron chi connectivity index (χ1n) is 5.67. The van der Waals surface area contributed by atoms with Gasteiger partial charge in [0.2, 0.25) is 0 Å². The van der Waals surface area contributed by atoms with Gasteiger partial charge in [0.15, 0.2) is 0 Å². The number of methoxy groups -OCH3 is 1. The molecule has 0 fully saturated rings. The molecule has 0 aliphatic rings. The Morgan fingerprint density at radius 3 is 2.65 bits per heavy atom. The number of carbonyl (C=O) groups is 1. The Kier molecular flexibility index (Phi) is 4.65. The second-order valence-corrected chi connectivity index (χ2v) is 5.70. The van der Waals surface area contributed by atoms with Crippen molar-refractivity contribution in [2.75, 3.05) is 13.7 Å². The maximum Gasteiger partial charge on any atom is 0.329 e. The Bertz CT molecular complexity index is 382. The van der Waals surface area contributed by atoms with Gasteiger partial charge < -0.3 is 4.74 Å². The lowest BCUT2D eigenvalue weighted by atomic mass is 9.98. The molecule has 0 aliphatic heterocycles. The van der Waals surface area contributed by atoms with Crippen molar-refractivity contribution >= 4 is 17.3 Å². The zero-order chi connectivity index (χ0) is 13.1. The molecule has 0 aliphatic carbocycles. The summed E-state index contributed by atoms with van der Waals surface area (Å²) < 4.78 is 4.78. The van der Waals surface area contributed by atoms with Gasteiger partial charge >= 0.3 is 5.97 Å². The SMILES string of the molecule is CCNC(C(=O)OC)c1csc(C(C)(C)C)n1. The van der Waals surface area contributed by atoms with Crippen LogP contribution in [0.2, 0.25) is 0 Å². The Morgan fingerprint density at radius 2 is 2.24 bits per heavy atom. The van der Waals surface area contributed by atoms with Gasteiger partial charge in [-0.2, -0.15) is 0 Å². The Hall–Kier alpha value is -0.940. The highest BCUT2D eigenvalue weighted by Gasteiger charge is 2.25. The number of rotatable bonds is 4. The molecule has 1 aromatic rings. The third-order valence-corrected chi connectivity index (χ3v) is 3.59. The quantitative estimate of drug-likeness (QED) is 0.840. The zero-order valence-corrected chi connectivity index (χ0v) is 11.9. The summed E-state index contributed by atoms with van der Waals surface area (Å²) in [6.07, 6.45) is 0. The molecule has 5 heteroatoms. The van der Waals surface area contributed by atoms with Crippen LogP contribution >= 0.6 is 11.3 Å². The highest BCUT2D eigenvalue weighted by atomic mass is 32.1. The first-order chi connectivity index (χ1) is 7.90. The van der Waals surface area contributed by atoms with Crippen LogP contribution in [0.3, 0.4) is 0 Å². The van der Waals surface area contributed by atoms with Crippen molar-refractivity contribution in [3.63, 3.8) is 0 Å². The highest BCUT2D eigenvalue weighted by molar-refractivity contribution is 7.09. The van der Waals surface area contributed by atoms with Crippen LogP contribution in [0.5, 0.6) is 0 Å². The van der Waals surface area contributed by atoms with Crippen molar-refractivity contribution < 1.29 is 9.53 Å². The van der Waals surface area contributed by atoms with Crippen molar-refractivity contribution in [2.24, 2.45) is 0 Å². The number of nitrogens with zero attached hydrogens (tertiary/aromatic N) is 1. The Morgan fingerprint density at radius 1 is 1.59 bits per heavy atom. The fourth-order valence-corrected chi connectivity index (χ4v) is 2.33. The van der Waals surface area contributed by atoms with Crippen molar-refractivity contribution in [1.29, 1.82) is 0 Å². The lowest BCUT2D eigenvalue weighted by molar-refractivity contribution is -0.143. The van der Waals surface area contributed by atoms with Gasteiger partial charge in [0.1, 0.15) is 6.04 Å². The molecule has 0 radical (unpaired) electrons. The minimum Gasteiger partial charge on any atom is -0.468 e. The van der Waals surface area contributed by atoms with Crippen LogP contribution in [0.1, 0.15) is 44.4 Å². The summed E-state index contributed by atoms with van der Waals surface area (Å²) in [5, 5.41) is 6.03. The molecular formula is C12H20N2O2S. The summed E-state index contributed by atoms with van der Waals surface area (Å²) in [4.78, 5) is 16.2. The summed E-state index contributed by atoms with van der Waals surface area (Å²) in [5.74, 6) is -0.294. The highest BCUT2D eigenvalue weighted by Crippen LogP contribution is 2.27. The van der Waals surface area contributed by atoms with Gasteiger partial charge in [-0.05, 0) is 6.54 Å². The van der Waals surface area contributed by atoms with Crippen LogP contribution < -0.4 is 5.32 Å². The van der Waals surface area contributed by atoms with Gasteiger partial charge in [-0.25, -0.2) is 9.78 Å². The molecule has 1 unspecified atom stereocenters. The third-order valence-electron chi connectivity index (χ3n) is 2.30. The molecular weight excluding hydrogens is 236 g/mol. The van der Waals surface area contributed by atoms with Gasteiger partial charge in [-0.15, -0.1) is 11.3 Å². The number of esters is 1. The smallest absolute Gasteiger partial charge is 0.329 e. The van der Waals surface area contributed by atoms with Crippen LogP contribution in [0, 0.1) is 0 Å². The van der Waals surface area contributed by atoms with Gasteiger partial charge in [-0.1, -0.05) is 27.7 Å². The minimum atomic E-state index is -0.461. The molecule has 1 N–H and O–H groups in total. The topological polar surface area (TPSA) is 51.2 Å². The predicted molar refractivity (Wildman–Crippen MR) is 69.2 cm³/mol. The number of hydrogen-bond donors (Lipinski definition) is 1. The Balaban J connectivity index is 2.96. The molecule has 17 heavy (non-hydrogen) atoms. The molecule has 0 saturated carbocycles. The van der Waals surface area contributed by atoms with E-state index in [-0.39, 0.29) is 11.4 Å². The van der Waals surface area contributed by atoms with E-state index in [2.05, 4.69) is 31.1 Å². The summed E-state index contributed by atoms with van der Waals surface area (Å²) >= 11 is 1.58. The van der Waals surface area contributed by atoms with Gasteiger partial charge in [-0.3, -0.25) is 5.32 Å². The van der Waals surface area contributed by atoms with Crippen LogP contribution in [0.15, 0.2) is 5.38 Å². The van der Waals surface area contributed by atoms with Crippen molar-refractivity contribution in [3.05, 3.63) is 16.1 Å². The first kappa shape index (κ1) is 14.1. The van der Waals surface area contributed by atoms with E-state index in [1.54, 1.807) is 11.3 Å². The number of carbonyl (C=O) groups excluding carboxylic acids is 1. The monoisotopic (exact) mass is 256 g/mol. The van der Waals surface area contributed by atoms with Crippen LogP contribution in [-0.2, 0) is 14.9 Å². The Labute approximate surface area is 106 Å². The second-order valence-electron chi connectivity index (χ2n) is 4.84. The van der Waals surface area contributed by atoms with E-state index in [0.29, 0.717) is 6.54 Å². The van der Waals surface area contributed by atoms with E-state index in [1.807, 2.05) is 12.3 Å². The minimum absolute atomic E-state index is 0.00972. The summed E-state index contributed by atoms with van der Waals surface area (Å²) in [7, 11) is 1.39. The third kappa shape index (κ3) is 3.51. The number of thiazole rings is 1. The van der Waals surface area contributed by atoms with E-state index in [4.69, 9.17) is 4.74 Å². The number of nitrogens with one attached hydrogen (secondary N) is 1. The van der Waals surface area contributed by atoms with Crippen molar-refractivity contribution in [3.8, 4) is 0 Å². The van der Waals surface area contributed by atoms with Crippen molar-refractivity contribution in [1.82, 2.24) is 10.3 Å². The van der Waals surface area contributed by atoms with Crippen LogP contribution in [0.4, 0.5) is 0 Å². The van der Waals surface area contributed by atoms with E-state index in [9.17, 15) is 4.79 Å². The zero-order valence-electron chi connectivity index (χ0n) is 11.0. The molecule has 0 amide bonds. The molecule has 96 valence electrons. The molecule has 0 bridgehead atoms. The predicted octanol–water partition coefficient (Wildman–Crippen LogP) is 2.26. The molecule has 1 rings (SSSR count). The lowest BCUT2D eigenvalue weighted by Gasteiger charge is -2.15. The maximum atomic E-state index is 11.6. The van der Waals surface area contributed by atoms with E-state index in [0.717, 1.165) is 10.7 Å². The number of aromatic nitrogens is 1. The number of likely N-dealkylation sites (N-methyl/N-ethyl adjacent to an activating group) is 1. The average Bonchev–Trinajstić information content (AvgIpc) is 2.73. The molecule has 1 atom stereocenters. The van der Waals surface area contributed by atoms with E-state index < -0.39 is 6.04 Å². The number of ether oxygens (including phenoxy) is 1. The molecule has 0 aromatic carbocycles. The normalized spacial score (nSPS) is 13.5. The van der Waals surface area contributed by atoms with Crippen LogP contribution in [-0.4, -0.2) is 24.6 Å². The number of hydrogen-bond acceptors (Lipinski definition) is 5. The molecule has 4 nitrogen and oxygen atoms in total. The van der Waals surface area contributed by atoms with Gasteiger partial charge in [0.05, 0.1) is 17.8 Å². The molecule has 0 spiro atoms. The molecule has 0 saturated heterocycles. The summed E-state index contributed by atoms with van der Waals surface area (Å²) in [6, 6.07) is -0.461.